The van der Waals surface area contributed by atoms with Crippen LogP contribution in [0.1, 0.15) is 98.8 Å². The molecule has 0 aromatic rings. The average Bonchev–Trinajstić information content (AvgIpc) is 2.28. The molecule has 0 radical (unpaired) electrons. The molecule has 1 fully saturated rings. The first-order valence-corrected chi connectivity index (χ1v) is 30.3. The van der Waals surface area contributed by atoms with E-state index in [1.807, 2.05) is 13.8 Å². The number of thiol groups is 1. The van der Waals surface area contributed by atoms with E-state index >= 15 is 0 Å². The molecule has 1 saturated heterocycles. The van der Waals surface area contributed by atoms with E-state index in [9.17, 15) is 82.8 Å². The third-order valence-corrected chi connectivity index (χ3v) is 14.3. The number of thioether (sulfide) groups is 1. The van der Waals surface area contributed by atoms with Gasteiger partial charge in [-0.1, -0.05) is 20.3 Å². The largest absolute Gasteiger partial charge is 0.480 e. The van der Waals surface area contributed by atoms with Crippen LogP contribution in [-0.2, 0) is 62.3 Å². The maximum absolute atomic E-state index is 14.2. The molecule has 1 heterocycles. The van der Waals surface area contributed by atoms with Gasteiger partial charge >= 0.3 is 5.97 Å². The molecule has 0 aliphatic carbocycles. The predicted octanol–water partition coefficient (Wildman–Crippen LogP) is -8.57. The van der Waals surface area contributed by atoms with Gasteiger partial charge in [-0.25, -0.2) is 4.79 Å². The van der Waals surface area contributed by atoms with Gasteiger partial charge in [-0.15, -0.1) is 0 Å². The van der Waals surface area contributed by atoms with E-state index in [4.69, 9.17) is 28.7 Å². The number of unbranched alkanes of at least 4 members (excludes halogenated alkanes) is 1. The van der Waals surface area contributed by atoms with Crippen LogP contribution in [0.25, 0.3) is 0 Å². The highest BCUT2D eigenvalue weighted by Crippen LogP contribution is 2.20. The molecule has 0 saturated carbocycles. The summed E-state index contributed by atoms with van der Waals surface area (Å²) in [6, 6.07) is -16.1. The van der Waals surface area contributed by atoms with Crippen molar-refractivity contribution < 1.29 is 82.8 Å². The molecular formula is C51H91N17O17S2. The number of hydrogen-bond donors (Lipinski definition) is 20. The first-order valence-electron chi connectivity index (χ1n) is 28.2. The zero-order chi connectivity index (χ0) is 66.2. The van der Waals surface area contributed by atoms with Crippen molar-refractivity contribution in [3.05, 3.63) is 0 Å². The smallest absolute Gasteiger partial charge is 0.328 e. The fourth-order valence-corrected chi connectivity index (χ4v) is 9.23. The molecule has 0 aromatic carbocycles. The number of nitrogens with two attached hydrogens (primary N) is 5. The second-order valence-electron chi connectivity index (χ2n) is 21.1. The van der Waals surface area contributed by atoms with Crippen LogP contribution in [0.4, 0.5) is 0 Å². The highest BCUT2D eigenvalue weighted by molar-refractivity contribution is 7.98. The van der Waals surface area contributed by atoms with Crippen molar-refractivity contribution in [3.63, 3.8) is 0 Å². The van der Waals surface area contributed by atoms with Gasteiger partial charge in [0.05, 0.1) is 37.8 Å². The molecule has 87 heavy (non-hydrogen) atoms. The molecule has 34 nitrogen and oxygen atoms in total. The molecule has 36 heteroatoms. The predicted molar refractivity (Wildman–Crippen MR) is 320 cm³/mol. The number of aliphatic carboxylic acids is 1. The van der Waals surface area contributed by atoms with Gasteiger partial charge in [-0.2, -0.15) is 24.4 Å². The van der Waals surface area contributed by atoms with Gasteiger partial charge in [0, 0.05) is 18.8 Å². The summed E-state index contributed by atoms with van der Waals surface area (Å²) in [5, 5.41) is 63.7. The minimum Gasteiger partial charge on any atom is -0.480 e. The number of primary amides is 1. The van der Waals surface area contributed by atoms with Crippen molar-refractivity contribution in [2.75, 3.05) is 50.5 Å². The Morgan fingerprint density at radius 1 is 0.644 bits per heavy atom. The summed E-state index contributed by atoms with van der Waals surface area (Å²) in [6.45, 7) is 5.71. The van der Waals surface area contributed by atoms with Crippen molar-refractivity contribution >= 4 is 107 Å². The van der Waals surface area contributed by atoms with Crippen LogP contribution in [0.3, 0.4) is 0 Å². The number of amides is 12. The molecule has 0 bridgehead atoms. The number of aliphatic hydroxyl groups is 3. The number of carboxylic acid groups (broad SMARTS) is 1. The number of nitrogens with zero attached hydrogens (tertiary/aromatic N) is 2. The van der Waals surface area contributed by atoms with Crippen molar-refractivity contribution in [2.24, 2.45) is 39.6 Å². The first-order chi connectivity index (χ1) is 40.8. The van der Waals surface area contributed by atoms with E-state index in [2.05, 4.69) is 70.8 Å². The highest BCUT2D eigenvalue weighted by atomic mass is 32.2. The number of aliphatic imine (C=N–C) groups is 1. The number of guanidine groups is 1. The van der Waals surface area contributed by atoms with Gasteiger partial charge < -0.3 is 107 Å². The van der Waals surface area contributed by atoms with E-state index in [0.29, 0.717) is 25.8 Å². The van der Waals surface area contributed by atoms with Crippen LogP contribution in [0.5, 0.6) is 0 Å². The lowest BCUT2D eigenvalue weighted by Crippen LogP contribution is -2.61. The molecule has 12 amide bonds. The summed E-state index contributed by atoms with van der Waals surface area (Å²) in [4.78, 5) is 177. The Hall–Kier alpha value is -7.12. The molecule has 0 aromatic heterocycles. The molecule has 494 valence electrons. The number of rotatable bonds is 41. The third kappa shape index (κ3) is 28.5. The normalized spacial score (nSPS) is 17.0. The van der Waals surface area contributed by atoms with Crippen LogP contribution in [0, 0.1) is 5.92 Å². The molecule has 1 aliphatic rings. The minimum atomic E-state index is -1.79. The maximum Gasteiger partial charge on any atom is 0.328 e. The van der Waals surface area contributed by atoms with Gasteiger partial charge in [-0.05, 0) is 96.6 Å². The molecule has 24 N–H and O–H groups in total. The van der Waals surface area contributed by atoms with Crippen molar-refractivity contribution in [2.45, 2.75) is 177 Å². The molecule has 1 aliphatic heterocycles. The van der Waals surface area contributed by atoms with Crippen LogP contribution in [-0.4, -0.2) is 237 Å². The van der Waals surface area contributed by atoms with E-state index in [1.54, 1.807) is 6.26 Å². The lowest BCUT2D eigenvalue weighted by molar-refractivity contribution is -0.145. The zero-order valence-corrected chi connectivity index (χ0v) is 51.5. The number of likely N-dealkylation sites (tertiary alicyclic amines) is 1. The zero-order valence-electron chi connectivity index (χ0n) is 49.8. The van der Waals surface area contributed by atoms with Crippen LogP contribution >= 0.6 is 24.4 Å². The fourth-order valence-electron chi connectivity index (χ4n) is 8.50. The Morgan fingerprint density at radius 2 is 1.21 bits per heavy atom. The van der Waals surface area contributed by atoms with Crippen molar-refractivity contribution in [3.8, 4) is 0 Å². The van der Waals surface area contributed by atoms with E-state index in [0.717, 1.165) is 11.8 Å². The van der Waals surface area contributed by atoms with E-state index in [1.165, 1.54) is 25.6 Å². The van der Waals surface area contributed by atoms with E-state index in [-0.39, 0.29) is 69.2 Å². The summed E-state index contributed by atoms with van der Waals surface area (Å²) in [5.41, 5.74) is 27.7. The minimum absolute atomic E-state index is 0.0144. The van der Waals surface area contributed by atoms with Gasteiger partial charge in [0.2, 0.25) is 70.9 Å². The van der Waals surface area contributed by atoms with Gasteiger partial charge in [-0.3, -0.25) is 62.5 Å². The molecule has 0 unspecified atom stereocenters. The van der Waals surface area contributed by atoms with Crippen LogP contribution in [0.15, 0.2) is 4.99 Å². The van der Waals surface area contributed by atoms with Crippen LogP contribution in [0.2, 0.25) is 0 Å². The maximum atomic E-state index is 14.2. The Labute approximate surface area is 513 Å². The number of hydrogen-bond acceptors (Lipinski definition) is 21. The lowest BCUT2D eigenvalue weighted by atomic mass is 10.0. The highest BCUT2D eigenvalue weighted by Gasteiger charge is 2.41. The quantitative estimate of drug-likeness (QED) is 0.0117. The Balaban J connectivity index is 3.18. The van der Waals surface area contributed by atoms with Crippen molar-refractivity contribution in [1.82, 2.24) is 58.1 Å². The number of carboxylic acids is 1. The first kappa shape index (κ1) is 77.9. The Kier molecular flexibility index (Phi) is 36.1. The second kappa shape index (κ2) is 40.4. The fraction of sp³-hybridized carbons (Fsp3) is 0.725. The number of nitrogens with one attached hydrogen (secondary N) is 10. The molecule has 13 atom stereocenters. The number of aliphatic hydroxyl groups excluding tert-OH is 3. The van der Waals surface area contributed by atoms with Gasteiger partial charge in [0.15, 0.2) is 12.0 Å². The van der Waals surface area contributed by atoms with Gasteiger partial charge in [0.25, 0.3) is 0 Å². The SMILES string of the molecule is CSCC[C@H](NC(=O)[C@H](C)NC(=O)[C@@H](NC(=O)CNC(=O)[C@H](CC(C)C)NC(=O)[C@@H](N)CCCCN)[C@@H](C)O)C(=O)N[C@@H](CC(N)=O)C(=O)N1CCC[C@H]1C(=O)N[C@@H](CS)C(=O)N[C@@H](CO)C(=O)N[C@@H](CCCN=C(N)N)C(=O)N[C@H](C(=O)O)[C@@H](C)O. The summed E-state index contributed by atoms with van der Waals surface area (Å²) >= 11 is 5.43. The summed E-state index contributed by atoms with van der Waals surface area (Å²) in [7, 11) is 0. The number of carbonyl (C=O) groups excluding carboxylic acids is 12. The Bertz CT molecular complexity index is 2390. The van der Waals surface area contributed by atoms with E-state index < -0.39 is 181 Å². The standard InChI is InChI=1S/C51H91N17O17S2/c1-24(2)19-31(62-41(75)28(53)11-7-8-15-52)42(76)58-21-37(73)66-38(26(4)70)48(82)59-25(3)40(74)60-30(14-18-87-6)43(77)63-32(20-36(54)72)49(83)68-17-10-13-35(68)47(81)65-34(23-86)46(80)64-33(22-69)45(79)61-29(12-9-16-57-51(55)56)44(78)67-39(27(5)71)50(84)85/h24-35,38-39,69-71,86H,7-23,52-53H2,1-6H3,(H2,54,72)(H,58,76)(H,59,82)(H,60,74)(H,61,79)(H,62,75)(H,63,77)(H,64,80)(H,65,81)(H,66,73)(H,67,78)(H,84,85)(H4,55,56,57)/t25-,26+,27+,28-,29-,30-,31-,32-,33-,34-,35-,38-,39-/m0/s1. The molecule has 0 spiro atoms. The molecular weight excluding hydrogens is 1190 g/mol. The molecule has 1 rings (SSSR count). The summed E-state index contributed by atoms with van der Waals surface area (Å²) < 4.78 is 0. The third-order valence-electron chi connectivity index (χ3n) is 13.3. The topological polar surface area (TPSA) is 569 Å². The Morgan fingerprint density at radius 3 is 1.76 bits per heavy atom. The van der Waals surface area contributed by atoms with Crippen LogP contribution < -0.4 is 81.8 Å². The van der Waals surface area contributed by atoms with Gasteiger partial charge in [0.1, 0.15) is 54.4 Å². The average molecular weight is 1280 g/mol. The summed E-state index contributed by atoms with van der Waals surface area (Å²) in [6.07, 6.45) is -0.375. The second-order valence-corrected chi connectivity index (χ2v) is 22.5. The summed E-state index contributed by atoms with van der Waals surface area (Å²) in [5.74, 6) is -13.4. The van der Waals surface area contributed by atoms with Crippen molar-refractivity contribution in [1.29, 1.82) is 0 Å². The number of carbonyl (C=O) groups is 13. The lowest BCUT2D eigenvalue weighted by Gasteiger charge is -2.30. The monoisotopic (exact) mass is 1280 g/mol.